The van der Waals surface area contributed by atoms with E-state index in [1.54, 1.807) is 0 Å². The number of benzene rings is 8. The molecule has 1 atom stereocenters. The van der Waals surface area contributed by atoms with Crippen LogP contribution in [0.25, 0.3) is 44.7 Å². The van der Waals surface area contributed by atoms with Crippen LogP contribution in [0.1, 0.15) is 58.7 Å². The molecule has 2 nitrogen and oxygen atoms in total. The molecular weight excluding hydrogens is 781 g/mol. The van der Waals surface area contributed by atoms with Crippen molar-refractivity contribution in [3.63, 3.8) is 0 Å². The molecule has 3 heteroatoms. The summed E-state index contributed by atoms with van der Waals surface area (Å²) in [6.07, 6.45) is 9.02. The number of hydrogen-bond donors (Lipinski definition) is 1. The molecule has 302 valence electrons. The molecular formula is C60H46N2S. The van der Waals surface area contributed by atoms with Gasteiger partial charge in [-0.15, -0.1) is 0 Å². The van der Waals surface area contributed by atoms with Crippen LogP contribution in [-0.2, 0) is 5.41 Å². The molecule has 63 heavy (non-hydrogen) atoms. The van der Waals surface area contributed by atoms with E-state index in [1.807, 2.05) is 48.2 Å². The lowest BCUT2D eigenvalue weighted by molar-refractivity contribution is 0.723. The highest BCUT2D eigenvalue weighted by molar-refractivity contribution is 7.99. The number of rotatable bonds is 8. The van der Waals surface area contributed by atoms with E-state index in [4.69, 9.17) is 10.7 Å². The van der Waals surface area contributed by atoms with E-state index in [0.29, 0.717) is 5.84 Å². The van der Waals surface area contributed by atoms with E-state index in [0.717, 1.165) is 29.7 Å². The summed E-state index contributed by atoms with van der Waals surface area (Å²) in [5.74, 6) is 0.619. The maximum atomic E-state index is 6.61. The first-order valence-corrected chi connectivity index (χ1v) is 22.8. The Kier molecular flexibility index (Phi) is 9.98. The van der Waals surface area contributed by atoms with E-state index in [9.17, 15) is 0 Å². The van der Waals surface area contributed by atoms with Gasteiger partial charge >= 0.3 is 0 Å². The van der Waals surface area contributed by atoms with E-state index in [1.165, 1.54) is 82.1 Å². The molecule has 2 aliphatic carbocycles. The van der Waals surface area contributed by atoms with E-state index in [2.05, 4.69) is 189 Å². The predicted molar refractivity (Wildman–Crippen MR) is 265 cm³/mol. The van der Waals surface area contributed by atoms with Crippen LogP contribution < -0.4 is 5.73 Å². The third kappa shape index (κ3) is 6.81. The topological polar surface area (TPSA) is 38.4 Å². The summed E-state index contributed by atoms with van der Waals surface area (Å²) in [5.41, 5.74) is 25.9. The van der Waals surface area contributed by atoms with Gasteiger partial charge in [0.05, 0.1) is 11.1 Å². The van der Waals surface area contributed by atoms with Crippen molar-refractivity contribution in [3.8, 4) is 33.4 Å². The molecule has 1 spiro atoms. The van der Waals surface area contributed by atoms with Gasteiger partial charge in [-0.05, 0) is 115 Å². The number of nitrogens with zero attached hydrogens (tertiary/aromatic N) is 1. The molecule has 8 aromatic rings. The summed E-state index contributed by atoms with van der Waals surface area (Å²) >= 11 is 1.89. The monoisotopic (exact) mass is 826 g/mol. The highest BCUT2D eigenvalue weighted by Gasteiger charge is 2.50. The minimum absolute atomic E-state index is 0.110. The molecule has 11 rings (SSSR count). The first kappa shape index (κ1) is 38.7. The van der Waals surface area contributed by atoms with Crippen molar-refractivity contribution in [1.82, 2.24) is 0 Å². The third-order valence-electron chi connectivity index (χ3n) is 13.1. The minimum atomic E-state index is -0.414. The zero-order valence-electron chi connectivity index (χ0n) is 35.2. The van der Waals surface area contributed by atoms with Crippen molar-refractivity contribution in [2.24, 2.45) is 16.6 Å². The summed E-state index contributed by atoms with van der Waals surface area (Å²) < 4.78 is 0. The maximum Gasteiger partial charge on any atom is 0.131 e. The average Bonchev–Trinajstić information content (AvgIpc) is 3.65. The molecule has 3 aliphatic rings. The van der Waals surface area contributed by atoms with E-state index < -0.39 is 5.41 Å². The number of hydrogen-bond acceptors (Lipinski definition) is 2. The Hall–Kier alpha value is -7.20. The first-order chi connectivity index (χ1) is 31.1. The minimum Gasteiger partial charge on any atom is -0.383 e. The van der Waals surface area contributed by atoms with Crippen LogP contribution in [0.3, 0.4) is 0 Å². The Morgan fingerprint density at radius 1 is 0.540 bits per heavy atom. The summed E-state index contributed by atoms with van der Waals surface area (Å²) in [6.45, 7) is 2.27. The molecule has 0 saturated heterocycles. The van der Waals surface area contributed by atoms with Crippen molar-refractivity contribution < 1.29 is 0 Å². The largest absolute Gasteiger partial charge is 0.383 e. The van der Waals surface area contributed by atoms with Gasteiger partial charge in [0, 0.05) is 21.3 Å². The Labute approximate surface area is 374 Å². The molecule has 0 radical (unpaired) electrons. The number of nitrogens with two attached hydrogens (primary N) is 1. The highest BCUT2D eigenvalue weighted by atomic mass is 32.2. The highest BCUT2D eigenvalue weighted by Crippen LogP contribution is 2.62. The molecule has 0 fully saturated rings. The fourth-order valence-electron chi connectivity index (χ4n) is 10.1. The fraction of sp³-hybridized carbons (Fsp3) is 0.0833. The van der Waals surface area contributed by atoms with Crippen LogP contribution in [0.4, 0.5) is 0 Å². The van der Waals surface area contributed by atoms with Gasteiger partial charge in [-0.1, -0.05) is 213 Å². The van der Waals surface area contributed by atoms with Crippen molar-refractivity contribution in [3.05, 3.63) is 263 Å². The van der Waals surface area contributed by atoms with Crippen LogP contribution in [0.2, 0.25) is 0 Å². The SMILES string of the molecule is CC(/C=C(\N=C(/N)c1ccccc1)c1ccccc1)C1=CCCC(c2ccc(-c3ccc4c(c3)C3(c5ccccc5S4)c4ccccc4-c4ccccc43)cc2-c2ccccc2)=C1. The van der Waals surface area contributed by atoms with Crippen molar-refractivity contribution in [1.29, 1.82) is 0 Å². The second kappa shape index (κ2) is 16.2. The van der Waals surface area contributed by atoms with Gasteiger partial charge in [0.15, 0.2) is 0 Å². The van der Waals surface area contributed by atoms with Crippen molar-refractivity contribution in [2.75, 3.05) is 0 Å². The van der Waals surface area contributed by atoms with Gasteiger partial charge in [-0.2, -0.15) is 0 Å². The number of fused-ring (bicyclic) bond motifs is 9. The molecule has 0 aromatic heterocycles. The standard InChI is InChI=1S/C60H46N2S/c1-40(36-56(42-20-7-3-8-21-42)62-59(61)43-22-9-4-10-23-43)44-24-17-25-47(37-44)48-34-32-45(38-51(48)41-18-5-2-6-19-41)46-33-35-58-55(39-46)60(54-30-15-16-31-57(54)63-58)52-28-13-11-26-49(52)50-27-12-14-29-53(50)60/h2-16,18-24,26-40H,17,25H2,1H3,(H2,61,62)/b56-36-. The lowest BCUT2D eigenvalue weighted by Crippen LogP contribution is -2.32. The smallest absolute Gasteiger partial charge is 0.131 e. The van der Waals surface area contributed by atoms with E-state index in [-0.39, 0.29) is 5.92 Å². The zero-order chi connectivity index (χ0) is 42.3. The zero-order valence-corrected chi connectivity index (χ0v) is 36.0. The summed E-state index contributed by atoms with van der Waals surface area (Å²) in [7, 11) is 0. The van der Waals surface area contributed by atoms with Gasteiger partial charge in [0.1, 0.15) is 5.84 Å². The number of aliphatic imine (C=N–C) groups is 1. The lowest BCUT2D eigenvalue weighted by Gasteiger charge is -2.40. The predicted octanol–water partition coefficient (Wildman–Crippen LogP) is 15.0. The molecule has 0 saturated carbocycles. The van der Waals surface area contributed by atoms with Gasteiger partial charge in [0.2, 0.25) is 0 Å². The molecule has 1 aliphatic heterocycles. The Bertz CT molecular complexity index is 3110. The van der Waals surface area contributed by atoms with Crippen molar-refractivity contribution in [2.45, 2.75) is 35.0 Å². The second-order valence-corrected chi connectivity index (χ2v) is 17.8. The van der Waals surface area contributed by atoms with Gasteiger partial charge in [-0.3, -0.25) is 0 Å². The number of amidine groups is 1. The molecule has 1 heterocycles. The Morgan fingerprint density at radius 2 is 1.11 bits per heavy atom. The lowest BCUT2D eigenvalue weighted by atomic mass is 9.67. The maximum absolute atomic E-state index is 6.61. The number of allylic oxidation sites excluding steroid dienone is 5. The third-order valence-corrected chi connectivity index (χ3v) is 14.2. The average molecular weight is 827 g/mol. The molecule has 1 unspecified atom stereocenters. The van der Waals surface area contributed by atoms with Crippen LogP contribution in [0.5, 0.6) is 0 Å². The van der Waals surface area contributed by atoms with Crippen molar-refractivity contribution >= 4 is 28.9 Å². The van der Waals surface area contributed by atoms with Gasteiger partial charge < -0.3 is 5.73 Å². The Morgan fingerprint density at radius 3 is 1.83 bits per heavy atom. The van der Waals surface area contributed by atoms with Crippen LogP contribution >= 0.6 is 11.8 Å². The Balaban J connectivity index is 1.01. The normalized spacial score (nSPS) is 15.4. The quantitative estimate of drug-likeness (QED) is 0.122. The second-order valence-electron chi connectivity index (χ2n) is 16.8. The van der Waals surface area contributed by atoms with Crippen LogP contribution in [-0.4, -0.2) is 5.84 Å². The molecule has 2 N–H and O–H groups in total. The molecule has 8 aromatic carbocycles. The van der Waals surface area contributed by atoms with E-state index >= 15 is 0 Å². The molecule has 0 bridgehead atoms. The summed E-state index contributed by atoms with van der Waals surface area (Å²) in [6, 6.07) is 72.7. The van der Waals surface area contributed by atoms with Crippen LogP contribution in [0.15, 0.2) is 239 Å². The first-order valence-electron chi connectivity index (χ1n) is 22.0. The summed E-state index contributed by atoms with van der Waals surface area (Å²) in [5, 5.41) is 0. The summed E-state index contributed by atoms with van der Waals surface area (Å²) in [4.78, 5) is 7.64. The fourth-order valence-corrected chi connectivity index (χ4v) is 11.3. The van der Waals surface area contributed by atoms with Gasteiger partial charge in [-0.25, -0.2) is 4.99 Å². The van der Waals surface area contributed by atoms with Gasteiger partial charge in [0.25, 0.3) is 0 Å². The van der Waals surface area contributed by atoms with Crippen LogP contribution in [0, 0.1) is 5.92 Å². The molecule has 0 amide bonds.